The topological polar surface area (TPSA) is 59.8 Å². The van der Waals surface area contributed by atoms with Gasteiger partial charge in [-0.05, 0) is 38.8 Å². The molecule has 27 heavy (non-hydrogen) atoms. The van der Waals surface area contributed by atoms with Gasteiger partial charge in [0.25, 0.3) is 0 Å². The van der Waals surface area contributed by atoms with Crippen molar-refractivity contribution in [1.82, 2.24) is 20.1 Å². The maximum Gasteiger partial charge on any atom is 0.230 e. The van der Waals surface area contributed by atoms with Gasteiger partial charge in [0, 0.05) is 17.5 Å². The number of carbonyl (C=O) groups is 1. The zero-order chi connectivity index (χ0) is 19.1. The van der Waals surface area contributed by atoms with Crippen LogP contribution in [0.2, 0.25) is 0 Å². The summed E-state index contributed by atoms with van der Waals surface area (Å²) >= 11 is 3.24. The molecule has 1 aromatic carbocycles. The second-order valence-electron chi connectivity index (χ2n) is 6.94. The predicted molar refractivity (Wildman–Crippen MR) is 112 cm³/mol. The Morgan fingerprint density at radius 2 is 1.89 bits per heavy atom. The SMILES string of the molecule is CCn1c(CSc2ccc(C)cc2)nnc1SCC(=O)NC1CCCCC1. The van der Waals surface area contributed by atoms with Crippen molar-refractivity contribution in [3.63, 3.8) is 0 Å². The average Bonchev–Trinajstić information content (AvgIpc) is 3.08. The molecule has 2 aromatic rings. The minimum absolute atomic E-state index is 0.105. The number of aromatic nitrogens is 3. The van der Waals surface area contributed by atoms with E-state index in [0.29, 0.717) is 11.8 Å². The van der Waals surface area contributed by atoms with Gasteiger partial charge in [-0.15, -0.1) is 22.0 Å². The molecule has 146 valence electrons. The van der Waals surface area contributed by atoms with Crippen LogP contribution in [0.1, 0.15) is 50.4 Å². The zero-order valence-corrected chi connectivity index (χ0v) is 17.7. The van der Waals surface area contributed by atoms with Gasteiger partial charge in [0.2, 0.25) is 5.91 Å². The van der Waals surface area contributed by atoms with Crippen LogP contribution >= 0.6 is 23.5 Å². The second-order valence-corrected chi connectivity index (χ2v) is 8.93. The van der Waals surface area contributed by atoms with Crippen LogP contribution in [0.3, 0.4) is 0 Å². The molecule has 0 spiro atoms. The maximum absolute atomic E-state index is 12.2. The summed E-state index contributed by atoms with van der Waals surface area (Å²) in [6.45, 7) is 5.00. The Kier molecular flexibility index (Phi) is 7.64. The van der Waals surface area contributed by atoms with Crippen LogP contribution in [0.4, 0.5) is 0 Å². The fourth-order valence-corrected chi connectivity index (χ4v) is 4.95. The number of nitrogens with zero attached hydrogens (tertiary/aromatic N) is 3. The summed E-state index contributed by atoms with van der Waals surface area (Å²) in [4.78, 5) is 13.5. The molecule has 0 atom stereocenters. The zero-order valence-electron chi connectivity index (χ0n) is 16.1. The van der Waals surface area contributed by atoms with Crippen LogP contribution in [0.15, 0.2) is 34.3 Å². The summed E-state index contributed by atoms with van der Waals surface area (Å²) in [5, 5.41) is 12.7. The number of carbonyl (C=O) groups excluding carboxylic acids is 1. The number of hydrogen-bond donors (Lipinski definition) is 1. The number of aryl methyl sites for hydroxylation is 1. The van der Waals surface area contributed by atoms with E-state index in [2.05, 4.69) is 58.2 Å². The minimum Gasteiger partial charge on any atom is -0.353 e. The van der Waals surface area contributed by atoms with Crippen molar-refractivity contribution in [1.29, 1.82) is 0 Å². The second kappa shape index (κ2) is 10.2. The summed E-state index contributed by atoms with van der Waals surface area (Å²) < 4.78 is 2.11. The molecule has 1 amide bonds. The highest BCUT2D eigenvalue weighted by atomic mass is 32.2. The molecule has 0 aliphatic heterocycles. The van der Waals surface area contributed by atoms with Gasteiger partial charge in [-0.2, -0.15) is 0 Å². The average molecular weight is 405 g/mol. The van der Waals surface area contributed by atoms with Crippen LogP contribution in [-0.4, -0.2) is 32.5 Å². The first-order valence-corrected chi connectivity index (χ1v) is 11.7. The lowest BCUT2D eigenvalue weighted by molar-refractivity contribution is -0.119. The predicted octanol–water partition coefficient (Wildman–Crippen LogP) is 4.44. The first kappa shape index (κ1) is 20.3. The number of nitrogens with one attached hydrogen (secondary N) is 1. The number of rotatable bonds is 8. The molecule has 1 N–H and O–H groups in total. The van der Waals surface area contributed by atoms with E-state index in [9.17, 15) is 4.79 Å². The van der Waals surface area contributed by atoms with E-state index >= 15 is 0 Å². The fourth-order valence-electron chi connectivity index (χ4n) is 3.28. The van der Waals surface area contributed by atoms with E-state index < -0.39 is 0 Å². The van der Waals surface area contributed by atoms with Gasteiger partial charge < -0.3 is 9.88 Å². The van der Waals surface area contributed by atoms with Gasteiger partial charge in [0.1, 0.15) is 5.82 Å². The quantitative estimate of drug-likeness (QED) is 0.659. The Morgan fingerprint density at radius 3 is 2.59 bits per heavy atom. The summed E-state index contributed by atoms with van der Waals surface area (Å²) in [5.41, 5.74) is 1.27. The van der Waals surface area contributed by atoms with Crippen molar-refractivity contribution < 1.29 is 4.79 Å². The van der Waals surface area contributed by atoms with Gasteiger partial charge in [-0.25, -0.2) is 0 Å². The Morgan fingerprint density at radius 1 is 1.15 bits per heavy atom. The van der Waals surface area contributed by atoms with E-state index in [1.807, 2.05) is 0 Å². The van der Waals surface area contributed by atoms with Gasteiger partial charge in [-0.1, -0.05) is 48.7 Å². The van der Waals surface area contributed by atoms with Crippen molar-refractivity contribution >= 4 is 29.4 Å². The fraction of sp³-hybridized carbons (Fsp3) is 0.550. The number of benzene rings is 1. The van der Waals surface area contributed by atoms with Crippen molar-refractivity contribution in [2.24, 2.45) is 0 Å². The molecular formula is C20H28N4OS2. The molecule has 0 radical (unpaired) electrons. The molecule has 0 bridgehead atoms. The highest BCUT2D eigenvalue weighted by molar-refractivity contribution is 7.99. The lowest BCUT2D eigenvalue weighted by Crippen LogP contribution is -2.37. The summed E-state index contributed by atoms with van der Waals surface area (Å²) in [6, 6.07) is 8.88. The minimum atomic E-state index is 0.105. The Hall–Kier alpha value is -1.47. The Labute approximate surface area is 170 Å². The largest absolute Gasteiger partial charge is 0.353 e. The van der Waals surface area contributed by atoms with E-state index in [4.69, 9.17) is 0 Å². The Balaban J connectivity index is 1.51. The van der Waals surface area contributed by atoms with Crippen molar-refractivity contribution in [2.45, 2.75) is 74.3 Å². The van der Waals surface area contributed by atoms with E-state index in [0.717, 1.165) is 36.1 Å². The molecule has 1 aliphatic rings. The van der Waals surface area contributed by atoms with Gasteiger partial charge in [0.15, 0.2) is 5.16 Å². The smallest absolute Gasteiger partial charge is 0.230 e. The van der Waals surface area contributed by atoms with Crippen LogP contribution in [0, 0.1) is 6.92 Å². The third-order valence-corrected chi connectivity index (χ3v) is 6.78. The van der Waals surface area contributed by atoms with Gasteiger partial charge in [-0.3, -0.25) is 4.79 Å². The van der Waals surface area contributed by atoms with Crippen LogP contribution < -0.4 is 5.32 Å². The molecule has 0 unspecified atom stereocenters. The van der Waals surface area contributed by atoms with Crippen molar-refractivity contribution in [3.8, 4) is 0 Å². The normalized spacial score (nSPS) is 15.0. The van der Waals surface area contributed by atoms with Gasteiger partial charge >= 0.3 is 0 Å². The molecule has 1 heterocycles. The third-order valence-electron chi connectivity index (χ3n) is 4.80. The van der Waals surface area contributed by atoms with Crippen LogP contribution in [-0.2, 0) is 17.1 Å². The highest BCUT2D eigenvalue weighted by Gasteiger charge is 2.17. The van der Waals surface area contributed by atoms with E-state index in [1.54, 1.807) is 11.8 Å². The first-order chi connectivity index (χ1) is 13.2. The van der Waals surface area contributed by atoms with Crippen molar-refractivity contribution in [3.05, 3.63) is 35.7 Å². The molecule has 1 fully saturated rings. The van der Waals surface area contributed by atoms with E-state index in [1.165, 1.54) is 41.5 Å². The number of hydrogen-bond acceptors (Lipinski definition) is 5. The lowest BCUT2D eigenvalue weighted by atomic mass is 9.95. The summed E-state index contributed by atoms with van der Waals surface area (Å²) in [5.74, 6) is 2.24. The molecule has 3 rings (SSSR count). The lowest BCUT2D eigenvalue weighted by Gasteiger charge is -2.22. The molecule has 1 aliphatic carbocycles. The summed E-state index contributed by atoms with van der Waals surface area (Å²) in [7, 11) is 0. The molecule has 7 heteroatoms. The standard InChI is InChI=1S/C20H28N4OS2/c1-3-24-18(13-26-17-11-9-15(2)10-12-17)22-23-20(24)27-14-19(25)21-16-7-5-4-6-8-16/h9-12,16H,3-8,13-14H2,1-2H3,(H,21,25). The van der Waals surface area contributed by atoms with E-state index in [-0.39, 0.29) is 5.91 Å². The molecular weight excluding hydrogens is 376 g/mol. The first-order valence-electron chi connectivity index (χ1n) is 9.69. The third kappa shape index (κ3) is 6.01. The number of amides is 1. The summed E-state index contributed by atoms with van der Waals surface area (Å²) in [6.07, 6.45) is 5.97. The maximum atomic E-state index is 12.2. The van der Waals surface area contributed by atoms with Crippen LogP contribution in [0.25, 0.3) is 0 Å². The number of thioether (sulfide) groups is 2. The monoisotopic (exact) mass is 404 g/mol. The molecule has 0 saturated heterocycles. The molecule has 1 saturated carbocycles. The Bertz CT molecular complexity index is 739. The van der Waals surface area contributed by atoms with Crippen molar-refractivity contribution in [2.75, 3.05) is 5.75 Å². The molecule has 5 nitrogen and oxygen atoms in total. The highest BCUT2D eigenvalue weighted by Crippen LogP contribution is 2.25. The molecule has 1 aromatic heterocycles. The van der Waals surface area contributed by atoms with Crippen LogP contribution in [0.5, 0.6) is 0 Å². The van der Waals surface area contributed by atoms with Gasteiger partial charge in [0.05, 0.1) is 11.5 Å².